The molecule has 0 fully saturated rings. The molecule has 2 amide bonds. The van der Waals surface area contributed by atoms with Crippen LogP contribution in [0.3, 0.4) is 0 Å². The molecule has 0 bridgehead atoms. The lowest BCUT2D eigenvalue weighted by Gasteiger charge is -2.28. The van der Waals surface area contributed by atoms with Crippen molar-refractivity contribution in [3.05, 3.63) is 75.4 Å². The third-order valence-electron chi connectivity index (χ3n) is 4.65. The van der Waals surface area contributed by atoms with Crippen LogP contribution >= 0.6 is 11.3 Å². The van der Waals surface area contributed by atoms with Crippen molar-refractivity contribution in [1.29, 1.82) is 0 Å². The highest BCUT2D eigenvalue weighted by atomic mass is 32.1. The summed E-state index contributed by atoms with van der Waals surface area (Å²) in [6.07, 6.45) is 2.35. The van der Waals surface area contributed by atoms with E-state index in [0.29, 0.717) is 17.8 Å². The molecular weight excluding hydrogens is 348 g/mol. The van der Waals surface area contributed by atoms with Gasteiger partial charge in [-0.25, -0.2) is 0 Å². The van der Waals surface area contributed by atoms with Gasteiger partial charge in [-0.2, -0.15) is 0 Å². The van der Waals surface area contributed by atoms with Crippen molar-refractivity contribution in [2.24, 2.45) is 0 Å². The normalized spacial score (nSPS) is 13.3. The van der Waals surface area contributed by atoms with Crippen LogP contribution in [0.4, 0.5) is 5.69 Å². The number of furan rings is 1. The summed E-state index contributed by atoms with van der Waals surface area (Å²) in [7, 11) is 0. The van der Waals surface area contributed by atoms with Crippen LogP contribution in [-0.4, -0.2) is 23.3 Å². The molecule has 0 saturated heterocycles. The van der Waals surface area contributed by atoms with Crippen molar-refractivity contribution in [3.8, 4) is 0 Å². The first-order valence-corrected chi connectivity index (χ1v) is 9.30. The molecule has 1 aliphatic heterocycles. The van der Waals surface area contributed by atoms with E-state index in [1.54, 1.807) is 35.6 Å². The Morgan fingerprint density at radius 3 is 2.88 bits per heavy atom. The average Bonchev–Trinajstić information content (AvgIpc) is 3.34. The summed E-state index contributed by atoms with van der Waals surface area (Å²) in [5.41, 5.74) is 3.22. The van der Waals surface area contributed by atoms with Crippen molar-refractivity contribution in [1.82, 2.24) is 4.90 Å². The van der Waals surface area contributed by atoms with E-state index in [1.165, 1.54) is 16.7 Å². The molecule has 0 atom stereocenters. The lowest BCUT2D eigenvalue weighted by molar-refractivity contribution is 0.0735. The number of rotatable bonds is 3. The van der Waals surface area contributed by atoms with Gasteiger partial charge in [0.2, 0.25) is 0 Å². The van der Waals surface area contributed by atoms with E-state index >= 15 is 0 Å². The van der Waals surface area contributed by atoms with Gasteiger partial charge in [0.1, 0.15) is 0 Å². The van der Waals surface area contributed by atoms with E-state index in [9.17, 15) is 9.59 Å². The number of nitrogens with one attached hydrogen (secondary N) is 1. The van der Waals surface area contributed by atoms with E-state index in [2.05, 4.69) is 16.8 Å². The van der Waals surface area contributed by atoms with Gasteiger partial charge in [0, 0.05) is 29.2 Å². The molecule has 5 nitrogen and oxygen atoms in total. The Balaban J connectivity index is 1.56. The second-order valence-electron chi connectivity index (χ2n) is 6.26. The average molecular weight is 366 g/mol. The molecule has 1 aliphatic rings. The summed E-state index contributed by atoms with van der Waals surface area (Å²) in [6, 6.07) is 10.7. The van der Waals surface area contributed by atoms with Crippen LogP contribution < -0.4 is 5.32 Å². The number of thiophene rings is 1. The quantitative estimate of drug-likeness (QED) is 0.759. The SMILES string of the molecule is Cc1c(NC(=O)c2ccco2)cccc1C(=O)N1CCc2sccc2C1. The molecule has 0 saturated carbocycles. The highest BCUT2D eigenvalue weighted by Crippen LogP contribution is 2.27. The highest BCUT2D eigenvalue weighted by Gasteiger charge is 2.24. The predicted octanol–water partition coefficient (Wildman–Crippen LogP) is 4.10. The van der Waals surface area contributed by atoms with E-state index in [0.717, 1.165) is 18.5 Å². The largest absolute Gasteiger partial charge is 0.459 e. The molecule has 0 spiro atoms. The van der Waals surface area contributed by atoms with Crippen molar-refractivity contribution in [2.45, 2.75) is 19.9 Å². The van der Waals surface area contributed by atoms with E-state index < -0.39 is 0 Å². The van der Waals surface area contributed by atoms with Crippen LogP contribution in [-0.2, 0) is 13.0 Å². The standard InChI is InChI=1S/C20H18N2O3S/c1-13-15(20(24)22-9-7-18-14(12-22)8-11-26-18)4-2-5-16(13)21-19(23)17-6-3-10-25-17/h2-6,8,10-11H,7,9,12H2,1H3,(H,21,23). The number of carbonyl (C=O) groups is 2. The van der Waals surface area contributed by atoms with Gasteiger partial charge in [0.05, 0.1) is 6.26 Å². The number of anilines is 1. The van der Waals surface area contributed by atoms with Crippen LogP contribution in [0.2, 0.25) is 0 Å². The Morgan fingerprint density at radius 2 is 2.08 bits per heavy atom. The maximum absolute atomic E-state index is 13.0. The fourth-order valence-corrected chi connectivity index (χ4v) is 4.08. The van der Waals surface area contributed by atoms with E-state index in [1.807, 2.05) is 17.9 Å². The number of hydrogen-bond acceptors (Lipinski definition) is 4. The number of amides is 2. The van der Waals surface area contributed by atoms with Crippen LogP contribution in [0.1, 0.15) is 36.9 Å². The van der Waals surface area contributed by atoms with Gasteiger partial charge >= 0.3 is 0 Å². The first-order valence-electron chi connectivity index (χ1n) is 8.42. The summed E-state index contributed by atoms with van der Waals surface area (Å²) in [5, 5.41) is 4.90. The molecule has 0 radical (unpaired) electrons. The predicted molar refractivity (Wildman–Crippen MR) is 101 cm³/mol. The molecular formula is C20H18N2O3S. The Morgan fingerprint density at radius 1 is 1.19 bits per heavy atom. The van der Waals surface area contributed by atoms with Crippen LogP contribution in [0.25, 0.3) is 0 Å². The molecule has 1 aromatic carbocycles. The molecule has 0 aliphatic carbocycles. The molecule has 6 heteroatoms. The summed E-state index contributed by atoms with van der Waals surface area (Å²) in [5.74, 6) is -0.0980. The van der Waals surface area contributed by atoms with Crippen molar-refractivity contribution >= 4 is 28.8 Å². The molecule has 3 aromatic rings. The molecule has 3 heterocycles. The lowest BCUT2D eigenvalue weighted by atomic mass is 10.0. The first-order chi connectivity index (χ1) is 12.6. The van der Waals surface area contributed by atoms with Crippen LogP contribution in [0, 0.1) is 6.92 Å². The molecule has 1 N–H and O–H groups in total. The van der Waals surface area contributed by atoms with E-state index in [4.69, 9.17) is 4.42 Å². The summed E-state index contributed by atoms with van der Waals surface area (Å²) >= 11 is 1.75. The number of carbonyl (C=O) groups excluding carboxylic acids is 2. The zero-order valence-electron chi connectivity index (χ0n) is 14.3. The first kappa shape index (κ1) is 16.6. The second-order valence-corrected chi connectivity index (χ2v) is 7.26. The highest BCUT2D eigenvalue weighted by molar-refractivity contribution is 7.10. The number of hydrogen-bond donors (Lipinski definition) is 1. The zero-order valence-corrected chi connectivity index (χ0v) is 15.1. The molecule has 2 aromatic heterocycles. The van der Waals surface area contributed by atoms with Crippen molar-refractivity contribution in [2.75, 3.05) is 11.9 Å². The van der Waals surface area contributed by atoms with Gasteiger partial charge in [-0.05, 0) is 60.2 Å². The summed E-state index contributed by atoms with van der Waals surface area (Å²) in [4.78, 5) is 28.5. The minimum atomic E-state index is -0.330. The molecule has 132 valence electrons. The number of nitrogens with zero attached hydrogens (tertiary/aromatic N) is 1. The lowest BCUT2D eigenvalue weighted by Crippen LogP contribution is -2.35. The minimum absolute atomic E-state index is 0.00607. The van der Waals surface area contributed by atoms with Gasteiger partial charge in [0.25, 0.3) is 11.8 Å². The van der Waals surface area contributed by atoms with Gasteiger partial charge in [0.15, 0.2) is 5.76 Å². The summed E-state index contributed by atoms with van der Waals surface area (Å²) < 4.78 is 5.12. The fourth-order valence-electron chi connectivity index (χ4n) is 3.19. The zero-order chi connectivity index (χ0) is 18.1. The maximum atomic E-state index is 13.0. The Bertz CT molecular complexity index is 959. The maximum Gasteiger partial charge on any atom is 0.291 e. The monoisotopic (exact) mass is 366 g/mol. The molecule has 4 rings (SSSR count). The Kier molecular flexibility index (Phi) is 4.34. The summed E-state index contributed by atoms with van der Waals surface area (Å²) in [6.45, 7) is 3.21. The molecule has 0 unspecified atom stereocenters. The van der Waals surface area contributed by atoms with Gasteiger partial charge in [-0.15, -0.1) is 11.3 Å². The van der Waals surface area contributed by atoms with Crippen molar-refractivity contribution < 1.29 is 14.0 Å². The second kappa shape index (κ2) is 6.80. The van der Waals surface area contributed by atoms with Gasteiger partial charge in [-0.1, -0.05) is 6.07 Å². The van der Waals surface area contributed by atoms with Gasteiger partial charge < -0.3 is 14.6 Å². The molecule has 26 heavy (non-hydrogen) atoms. The fraction of sp³-hybridized carbons (Fsp3) is 0.200. The van der Waals surface area contributed by atoms with Crippen LogP contribution in [0.5, 0.6) is 0 Å². The van der Waals surface area contributed by atoms with Gasteiger partial charge in [-0.3, -0.25) is 9.59 Å². The third kappa shape index (κ3) is 3.04. The van der Waals surface area contributed by atoms with Crippen molar-refractivity contribution in [3.63, 3.8) is 0 Å². The van der Waals surface area contributed by atoms with E-state index in [-0.39, 0.29) is 17.6 Å². The minimum Gasteiger partial charge on any atom is -0.459 e. The smallest absolute Gasteiger partial charge is 0.291 e. The number of fused-ring (bicyclic) bond motifs is 1. The Labute approximate surface area is 155 Å². The third-order valence-corrected chi connectivity index (χ3v) is 5.68. The Hall–Kier alpha value is -2.86. The van der Waals surface area contributed by atoms with Crippen LogP contribution in [0.15, 0.2) is 52.5 Å². The topological polar surface area (TPSA) is 62.6 Å². The number of benzene rings is 1.